The number of ether oxygens (including phenoxy) is 1. The lowest BCUT2D eigenvalue weighted by Crippen LogP contribution is -2.49. The normalized spacial score (nSPS) is 23.0. The second-order valence-electron chi connectivity index (χ2n) is 7.91. The average molecular weight is 396 g/mol. The monoisotopic (exact) mass is 396 g/mol. The van der Waals surface area contributed by atoms with Crippen LogP contribution in [0.5, 0.6) is 0 Å². The van der Waals surface area contributed by atoms with Crippen molar-refractivity contribution in [3.63, 3.8) is 0 Å². The Labute approximate surface area is 171 Å². The van der Waals surface area contributed by atoms with Gasteiger partial charge >= 0.3 is 12.1 Å². The van der Waals surface area contributed by atoms with Crippen LogP contribution >= 0.6 is 0 Å². The lowest BCUT2D eigenvalue weighted by molar-refractivity contribution is -0.132. The second kappa shape index (κ2) is 9.09. The maximum Gasteiger partial charge on any atom is 0.414 e. The number of carboxylic acids is 1. The molecular weight excluding hydrogens is 368 g/mol. The van der Waals surface area contributed by atoms with E-state index in [1.165, 1.54) is 22.6 Å². The molecule has 0 aromatic heterocycles. The number of carbonyl (C=O) groups excluding carboxylic acids is 1. The first kappa shape index (κ1) is 20.9. The Morgan fingerprint density at radius 3 is 2.66 bits per heavy atom. The Bertz CT molecular complexity index is 817. The van der Waals surface area contributed by atoms with Crippen LogP contribution in [0.4, 0.5) is 4.79 Å². The highest BCUT2D eigenvalue weighted by atomic mass is 16.6. The van der Waals surface area contributed by atoms with E-state index in [1.807, 2.05) is 6.07 Å². The predicted molar refractivity (Wildman–Crippen MR) is 111 cm³/mol. The molecule has 2 aliphatic rings. The van der Waals surface area contributed by atoms with Crippen LogP contribution in [0.25, 0.3) is 0 Å². The minimum atomic E-state index is -1.10. The van der Waals surface area contributed by atoms with Gasteiger partial charge in [-0.15, -0.1) is 0 Å². The van der Waals surface area contributed by atoms with Crippen molar-refractivity contribution in [1.29, 1.82) is 0 Å². The molecule has 2 saturated heterocycles. The van der Waals surface area contributed by atoms with Gasteiger partial charge < -0.3 is 9.84 Å². The number of cyclic esters (lactones) is 1. The number of carboxylic acid groups (broad SMARTS) is 1. The molecule has 3 rings (SSSR count). The summed E-state index contributed by atoms with van der Waals surface area (Å²) in [7, 11) is 0. The molecule has 29 heavy (non-hydrogen) atoms. The largest absolute Gasteiger partial charge is 0.478 e. The molecule has 0 saturated carbocycles. The van der Waals surface area contributed by atoms with E-state index in [4.69, 9.17) is 9.84 Å². The van der Waals surface area contributed by atoms with E-state index in [2.05, 4.69) is 42.3 Å². The van der Waals surface area contributed by atoms with Gasteiger partial charge in [0, 0.05) is 24.2 Å². The summed E-state index contributed by atoms with van der Waals surface area (Å²) in [5.41, 5.74) is 1.55. The maximum absolute atomic E-state index is 12.3. The van der Waals surface area contributed by atoms with Crippen molar-refractivity contribution < 1.29 is 19.4 Å². The highest BCUT2D eigenvalue weighted by molar-refractivity contribution is 5.89. The summed E-state index contributed by atoms with van der Waals surface area (Å²) in [6, 6.07) is 10.4. The van der Waals surface area contributed by atoms with Gasteiger partial charge in [-0.05, 0) is 50.1 Å². The summed E-state index contributed by atoms with van der Waals surface area (Å²) in [5, 5.41) is 8.93. The third-order valence-electron chi connectivity index (χ3n) is 5.70. The molecule has 0 aliphatic carbocycles. The van der Waals surface area contributed by atoms with Crippen molar-refractivity contribution in [3.05, 3.63) is 72.5 Å². The fraction of sp³-hybridized carbons (Fsp3) is 0.391. The van der Waals surface area contributed by atoms with Crippen molar-refractivity contribution in [2.75, 3.05) is 26.2 Å². The summed E-state index contributed by atoms with van der Waals surface area (Å²) >= 11 is 0. The first-order valence-electron chi connectivity index (χ1n) is 9.88. The zero-order valence-electron chi connectivity index (χ0n) is 16.7. The Kier molecular flexibility index (Phi) is 6.54. The van der Waals surface area contributed by atoms with Crippen molar-refractivity contribution in [3.8, 4) is 0 Å². The number of allylic oxidation sites excluding steroid dienone is 1. The first-order chi connectivity index (χ1) is 13.9. The van der Waals surface area contributed by atoms with E-state index in [0.717, 1.165) is 38.9 Å². The molecule has 1 atom stereocenters. The zero-order valence-corrected chi connectivity index (χ0v) is 16.7. The van der Waals surface area contributed by atoms with Crippen molar-refractivity contribution >= 4 is 12.1 Å². The predicted octanol–water partition coefficient (Wildman–Crippen LogP) is 3.82. The molecule has 0 radical (unpaired) electrons. The molecule has 1 amide bonds. The number of carbonyl (C=O) groups is 2. The van der Waals surface area contributed by atoms with Crippen molar-refractivity contribution in [1.82, 2.24) is 9.80 Å². The molecule has 6 heteroatoms. The second-order valence-corrected chi connectivity index (χ2v) is 7.91. The summed E-state index contributed by atoms with van der Waals surface area (Å²) in [6.07, 6.45) is 5.37. The van der Waals surface area contributed by atoms with Gasteiger partial charge in [-0.1, -0.05) is 43.5 Å². The lowest BCUT2D eigenvalue weighted by atomic mass is 9.80. The van der Waals surface area contributed by atoms with Gasteiger partial charge in [-0.2, -0.15) is 0 Å². The summed E-state index contributed by atoms with van der Waals surface area (Å²) in [4.78, 5) is 27.2. The number of hydrogen-bond donors (Lipinski definition) is 1. The van der Waals surface area contributed by atoms with Gasteiger partial charge in [0.15, 0.2) is 0 Å². The Hall–Kier alpha value is -2.86. The smallest absolute Gasteiger partial charge is 0.414 e. The Morgan fingerprint density at radius 2 is 1.93 bits per heavy atom. The average Bonchev–Trinajstić information content (AvgIpc) is 2.91. The molecule has 2 fully saturated rings. The number of likely N-dealkylation sites (tertiary alicyclic amines) is 1. The Balaban J connectivity index is 1.64. The number of benzene rings is 1. The fourth-order valence-electron chi connectivity index (χ4n) is 3.93. The molecule has 2 heterocycles. The van der Waals surface area contributed by atoms with Crippen molar-refractivity contribution in [2.45, 2.75) is 25.8 Å². The molecule has 1 unspecified atom stereocenters. The van der Waals surface area contributed by atoms with Crippen LogP contribution in [-0.4, -0.2) is 53.2 Å². The van der Waals surface area contributed by atoms with Crippen LogP contribution in [0.1, 0.15) is 24.8 Å². The van der Waals surface area contributed by atoms with E-state index < -0.39 is 12.1 Å². The number of nitrogens with zero attached hydrogens (tertiary/aromatic N) is 2. The third kappa shape index (κ3) is 5.35. The molecule has 1 spiro atoms. The Morgan fingerprint density at radius 1 is 1.17 bits per heavy atom. The molecule has 6 nitrogen and oxygen atoms in total. The summed E-state index contributed by atoms with van der Waals surface area (Å²) in [6.45, 7) is 11.2. The topological polar surface area (TPSA) is 70.1 Å². The van der Waals surface area contributed by atoms with Gasteiger partial charge in [0.1, 0.15) is 6.61 Å². The lowest BCUT2D eigenvalue weighted by Gasteiger charge is -2.41. The molecule has 1 N–H and O–H groups in total. The van der Waals surface area contributed by atoms with E-state index >= 15 is 0 Å². The van der Waals surface area contributed by atoms with Gasteiger partial charge in [-0.25, -0.2) is 9.59 Å². The molecule has 0 bridgehead atoms. The zero-order chi connectivity index (χ0) is 20.9. The van der Waals surface area contributed by atoms with Crippen LogP contribution in [-0.2, 0) is 16.1 Å². The minimum Gasteiger partial charge on any atom is -0.478 e. The standard InChI is InChI=1S/C23H28N2O4/c1-18(21(26)27)9-10-19(2)25-16-23(17-29-22(25)28)11-6-13-24(14-12-23)15-20-7-4-3-5-8-20/h3-5,7-10H,1-2,6,11-17H2,(H,26,27)/b10-9-. The van der Waals surface area contributed by atoms with Gasteiger partial charge in [0.05, 0.1) is 5.57 Å². The number of hydrogen-bond acceptors (Lipinski definition) is 4. The molecule has 154 valence electrons. The van der Waals surface area contributed by atoms with Gasteiger partial charge in [0.2, 0.25) is 0 Å². The maximum atomic E-state index is 12.3. The molecule has 1 aromatic carbocycles. The van der Waals surface area contributed by atoms with Crippen LogP contribution < -0.4 is 0 Å². The summed E-state index contributed by atoms with van der Waals surface area (Å²) < 4.78 is 5.50. The molecule has 1 aromatic rings. The number of aliphatic carboxylic acids is 1. The third-order valence-corrected chi connectivity index (χ3v) is 5.70. The van der Waals surface area contributed by atoms with E-state index in [1.54, 1.807) is 0 Å². The van der Waals surface area contributed by atoms with Crippen LogP contribution in [0.15, 0.2) is 66.9 Å². The molecule has 2 aliphatic heterocycles. The van der Waals surface area contributed by atoms with E-state index in [9.17, 15) is 9.59 Å². The summed E-state index contributed by atoms with van der Waals surface area (Å²) in [5.74, 6) is -1.10. The minimum absolute atomic E-state index is 0.0581. The first-order valence-corrected chi connectivity index (χ1v) is 9.88. The number of rotatable bonds is 6. The van der Waals surface area contributed by atoms with Crippen LogP contribution in [0.3, 0.4) is 0 Å². The molecular formula is C23H28N2O4. The highest BCUT2D eigenvalue weighted by Gasteiger charge is 2.41. The van der Waals surface area contributed by atoms with Crippen LogP contribution in [0, 0.1) is 5.41 Å². The number of amides is 1. The van der Waals surface area contributed by atoms with Crippen molar-refractivity contribution in [2.24, 2.45) is 5.41 Å². The van der Waals surface area contributed by atoms with E-state index in [-0.39, 0.29) is 11.0 Å². The highest BCUT2D eigenvalue weighted by Crippen LogP contribution is 2.37. The fourth-order valence-corrected chi connectivity index (χ4v) is 3.93. The SMILES string of the molecule is C=C(/C=C\C(=C)N1CC2(CCCN(Cc3ccccc3)CC2)COC1=O)C(=O)O. The van der Waals surface area contributed by atoms with Gasteiger partial charge in [-0.3, -0.25) is 9.80 Å². The quantitative estimate of drug-likeness (QED) is 0.585. The van der Waals surface area contributed by atoms with Gasteiger partial charge in [0.25, 0.3) is 0 Å². The van der Waals surface area contributed by atoms with E-state index in [0.29, 0.717) is 18.8 Å². The van der Waals surface area contributed by atoms with Crippen LogP contribution in [0.2, 0.25) is 0 Å².